The van der Waals surface area contributed by atoms with Gasteiger partial charge in [-0.05, 0) is 56.3 Å². The molecule has 0 aliphatic rings. The van der Waals surface area contributed by atoms with E-state index in [9.17, 15) is 0 Å². The highest BCUT2D eigenvalue weighted by Crippen LogP contribution is 2.18. The van der Waals surface area contributed by atoms with Gasteiger partial charge in [0, 0.05) is 12.1 Å². The molecule has 0 saturated carbocycles. The van der Waals surface area contributed by atoms with Gasteiger partial charge in [-0.3, -0.25) is 0 Å². The van der Waals surface area contributed by atoms with Crippen LogP contribution in [0.15, 0.2) is 18.2 Å². The number of rotatable bonds is 6. The SMILES string of the molecule is Cc1ccc(C(C)C)cc1CCNCC(C)(C)N. The van der Waals surface area contributed by atoms with E-state index in [0.29, 0.717) is 5.92 Å². The molecule has 0 fully saturated rings. The topological polar surface area (TPSA) is 38.0 Å². The Morgan fingerprint density at radius 3 is 2.50 bits per heavy atom. The molecule has 3 N–H and O–H groups in total. The lowest BCUT2D eigenvalue weighted by Gasteiger charge is -2.19. The maximum absolute atomic E-state index is 5.95. The fourth-order valence-corrected chi connectivity index (χ4v) is 1.95. The van der Waals surface area contributed by atoms with Crippen molar-refractivity contribution in [3.05, 3.63) is 34.9 Å². The van der Waals surface area contributed by atoms with Crippen LogP contribution in [0.3, 0.4) is 0 Å². The van der Waals surface area contributed by atoms with Crippen LogP contribution in [0.1, 0.15) is 50.3 Å². The molecule has 0 aromatic heterocycles. The number of hydrogen-bond acceptors (Lipinski definition) is 2. The molecule has 18 heavy (non-hydrogen) atoms. The van der Waals surface area contributed by atoms with Crippen molar-refractivity contribution < 1.29 is 0 Å². The zero-order valence-electron chi connectivity index (χ0n) is 12.5. The van der Waals surface area contributed by atoms with E-state index in [1.807, 2.05) is 13.8 Å². The monoisotopic (exact) mass is 248 g/mol. The van der Waals surface area contributed by atoms with Crippen molar-refractivity contribution in [3.8, 4) is 0 Å². The molecule has 0 aliphatic heterocycles. The number of nitrogens with one attached hydrogen (secondary N) is 1. The average Bonchev–Trinajstić information content (AvgIpc) is 2.24. The minimum Gasteiger partial charge on any atom is -0.324 e. The standard InChI is InChI=1S/C16H28N2/c1-12(2)14-7-6-13(3)15(10-14)8-9-18-11-16(4,5)17/h6-7,10,12,18H,8-9,11,17H2,1-5H3. The first kappa shape index (κ1) is 15.2. The minimum atomic E-state index is -0.130. The quantitative estimate of drug-likeness (QED) is 0.760. The number of benzene rings is 1. The lowest BCUT2D eigenvalue weighted by molar-refractivity contribution is 0.469. The molecule has 2 nitrogen and oxygen atoms in total. The molecule has 0 radical (unpaired) electrons. The zero-order valence-corrected chi connectivity index (χ0v) is 12.5. The summed E-state index contributed by atoms with van der Waals surface area (Å²) >= 11 is 0. The summed E-state index contributed by atoms with van der Waals surface area (Å²) in [6.07, 6.45) is 1.07. The van der Waals surface area contributed by atoms with Crippen molar-refractivity contribution in [2.45, 2.75) is 52.5 Å². The van der Waals surface area contributed by atoms with E-state index in [0.717, 1.165) is 19.5 Å². The van der Waals surface area contributed by atoms with E-state index in [4.69, 9.17) is 5.73 Å². The molecular formula is C16H28N2. The molecule has 102 valence electrons. The summed E-state index contributed by atoms with van der Waals surface area (Å²) in [4.78, 5) is 0. The van der Waals surface area contributed by atoms with Crippen LogP contribution >= 0.6 is 0 Å². The highest BCUT2D eigenvalue weighted by Gasteiger charge is 2.09. The smallest absolute Gasteiger partial charge is 0.0223 e. The third kappa shape index (κ3) is 5.19. The Kier molecular flexibility index (Phi) is 5.36. The lowest BCUT2D eigenvalue weighted by Crippen LogP contribution is -2.43. The van der Waals surface area contributed by atoms with Crippen LogP contribution in [0.5, 0.6) is 0 Å². The van der Waals surface area contributed by atoms with Crippen LogP contribution in [0.25, 0.3) is 0 Å². The van der Waals surface area contributed by atoms with Crippen molar-refractivity contribution in [1.29, 1.82) is 0 Å². The Morgan fingerprint density at radius 1 is 1.28 bits per heavy atom. The summed E-state index contributed by atoms with van der Waals surface area (Å²) < 4.78 is 0. The number of nitrogens with two attached hydrogens (primary N) is 1. The molecular weight excluding hydrogens is 220 g/mol. The third-order valence-corrected chi connectivity index (χ3v) is 3.19. The largest absolute Gasteiger partial charge is 0.324 e. The maximum atomic E-state index is 5.95. The molecule has 0 aliphatic carbocycles. The fraction of sp³-hybridized carbons (Fsp3) is 0.625. The van der Waals surface area contributed by atoms with Crippen LogP contribution in [-0.2, 0) is 6.42 Å². The molecule has 1 aromatic rings. The van der Waals surface area contributed by atoms with Gasteiger partial charge in [-0.25, -0.2) is 0 Å². The second kappa shape index (κ2) is 6.35. The van der Waals surface area contributed by atoms with Crippen LogP contribution in [0.2, 0.25) is 0 Å². The fourth-order valence-electron chi connectivity index (χ4n) is 1.95. The van der Waals surface area contributed by atoms with Gasteiger partial charge in [-0.1, -0.05) is 32.0 Å². The van der Waals surface area contributed by atoms with Gasteiger partial charge in [-0.15, -0.1) is 0 Å². The molecule has 0 spiro atoms. The molecule has 0 bridgehead atoms. The number of hydrogen-bond donors (Lipinski definition) is 2. The highest BCUT2D eigenvalue weighted by atomic mass is 14.9. The van der Waals surface area contributed by atoms with Gasteiger partial charge in [0.2, 0.25) is 0 Å². The Bertz CT molecular complexity index is 375. The van der Waals surface area contributed by atoms with Crippen molar-refractivity contribution in [2.75, 3.05) is 13.1 Å². The molecule has 0 unspecified atom stereocenters. The van der Waals surface area contributed by atoms with Gasteiger partial charge in [0.05, 0.1) is 0 Å². The molecule has 2 heteroatoms. The minimum absolute atomic E-state index is 0.130. The maximum Gasteiger partial charge on any atom is 0.0223 e. The van der Waals surface area contributed by atoms with Gasteiger partial charge in [0.15, 0.2) is 0 Å². The summed E-state index contributed by atoms with van der Waals surface area (Å²) in [7, 11) is 0. The van der Waals surface area contributed by atoms with Crippen molar-refractivity contribution in [3.63, 3.8) is 0 Å². The summed E-state index contributed by atoms with van der Waals surface area (Å²) in [6.45, 7) is 12.6. The van der Waals surface area contributed by atoms with Gasteiger partial charge >= 0.3 is 0 Å². The predicted octanol–water partition coefficient (Wildman–Crippen LogP) is 2.99. The van der Waals surface area contributed by atoms with Crippen molar-refractivity contribution in [1.82, 2.24) is 5.32 Å². The van der Waals surface area contributed by atoms with Crippen LogP contribution in [-0.4, -0.2) is 18.6 Å². The molecule has 1 aromatic carbocycles. The lowest BCUT2D eigenvalue weighted by atomic mass is 9.96. The Labute approximate surface area is 112 Å². The molecule has 0 heterocycles. The Hall–Kier alpha value is -0.860. The van der Waals surface area contributed by atoms with Crippen LogP contribution in [0.4, 0.5) is 0 Å². The third-order valence-electron chi connectivity index (χ3n) is 3.19. The second-order valence-electron chi connectivity index (χ2n) is 6.26. The molecule has 0 atom stereocenters. The van der Waals surface area contributed by atoms with E-state index >= 15 is 0 Å². The van der Waals surface area contributed by atoms with Crippen molar-refractivity contribution >= 4 is 0 Å². The summed E-state index contributed by atoms with van der Waals surface area (Å²) in [5.41, 5.74) is 10.1. The summed E-state index contributed by atoms with van der Waals surface area (Å²) in [6, 6.07) is 6.81. The predicted molar refractivity (Wildman–Crippen MR) is 80.1 cm³/mol. The Balaban J connectivity index is 2.54. The average molecular weight is 248 g/mol. The van der Waals surface area contributed by atoms with Gasteiger partial charge in [0.1, 0.15) is 0 Å². The van der Waals surface area contributed by atoms with E-state index in [-0.39, 0.29) is 5.54 Å². The normalized spacial score (nSPS) is 12.2. The van der Waals surface area contributed by atoms with Gasteiger partial charge in [0.25, 0.3) is 0 Å². The van der Waals surface area contributed by atoms with E-state index < -0.39 is 0 Å². The first-order valence-electron chi connectivity index (χ1n) is 6.88. The first-order chi connectivity index (χ1) is 8.29. The highest BCUT2D eigenvalue weighted by molar-refractivity contribution is 5.32. The molecule has 0 amide bonds. The molecule has 1 rings (SSSR count). The zero-order chi connectivity index (χ0) is 13.8. The number of aryl methyl sites for hydroxylation is 1. The van der Waals surface area contributed by atoms with E-state index in [1.165, 1.54) is 16.7 Å². The van der Waals surface area contributed by atoms with Gasteiger partial charge in [-0.2, -0.15) is 0 Å². The van der Waals surface area contributed by atoms with Gasteiger partial charge < -0.3 is 11.1 Å². The second-order valence-corrected chi connectivity index (χ2v) is 6.26. The molecule has 0 saturated heterocycles. The van der Waals surface area contributed by atoms with Crippen LogP contribution < -0.4 is 11.1 Å². The first-order valence-corrected chi connectivity index (χ1v) is 6.88. The van der Waals surface area contributed by atoms with E-state index in [2.05, 4.69) is 44.3 Å². The summed E-state index contributed by atoms with van der Waals surface area (Å²) in [5.74, 6) is 0.597. The Morgan fingerprint density at radius 2 is 1.94 bits per heavy atom. The van der Waals surface area contributed by atoms with Crippen LogP contribution in [0, 0.1) is 6.92 Å². The van der Waals surface area contributed by atoms with Crippen molar-refractivity contribution in [2.24, 2.45) is 5.73 Å². The summed E-state index contributed by atoms with van der Waals surface area (Å²) in [5, 5.41) is 3.42. The van der Waals surface area contributed by atoms with E-state index in [1.54, 1.807) is 0 Å².